The Labute approximate surface area is 125 Å². The summed E-state index contributed by atoms with van der Waals surface area (Å²) in [6.45, 7) is 6.99. The zero-order chi connectivity index (χ0) is 16.5. The number of nitrogens with one attached hydrogen (secondary N) is 1. The summed E-state index contributed by atoms with van der Waals surface area (Å²) in [6, 6.07) is 0. The lowest BCUT2D eigenvalue weighted by Crippen LogP contribution is -2.58. The molecule has 0 saturated heterocycles. The summed E-state index contributed by atoms with van der Waals surface area (Å²) >= 11 is 0. The smallest absolute Gasteiger partial charge is 0.401 e. The van der Waals surface area contributed by atoms with E-state index in [1.165, 1.54) is 4.90 Å². The fourth-order valence-electron chi connectivity index (χ4n) is 2.11. The van der Waals surface area contributed by atoms with E-state index in [9.17, 15) is 18.0 Å². The maximum absolute atomic E-state index is 12.6. The first-order chi connectivity index (χ1) is 9.68. The largest absolute Gasteiger partial charge is 0.465 e. The van der Waals surface area contributed by atoms with Crippen LogP contribution in [0.2, 0.25) is 0 Å². The molecule has 7 heteroatoms. The highest BCUT2D eigenvalue weighted by Gasteiger charge is 2.39. The van der Waals surface area contributed by atoms with Crippen molar-refractivity contribution in [3.8, 4) is 0 Å². The Bertz CT molecular complexity index is 311. The van der Waals surface area contributed by atoms with Crippen LogP contribution in [0.1, 0.15) is 40.5 Å². The Morgan fingerprint density at radius 3 is 2.19 bits per heavy atom. The van der Waals surface area contributed by atoms with E-state index < -0.39 is 24.2 Å². The van der Waals surface area contributed by atoms with Crippen molar-refractivity contribution in [2.45, 2.75) is 52.3 Å². The third kappa shape index (κ3) is 8.26. The summed E-state index contributed by atoms with van der Waals surface area (Å²) < 4.78 is 42.9. The molecule has 1 unspecified atom stereocenters. The average molecular weight is 312 g/mol. The van der Waals surface area contributed by atoms with Crippen LogP contribution < -0.4 is 5.32 Å². The minimum Gasteiger partial charge on any atom is -0.465 e. The Morgan fingerprint density at radius 1 is 1.14 bits per heavy atom. The van der Waals surface area contributed by atoms with Gasteiger partial charge in [-0.05, 0) is 39.8 Å². The first-order valence-electron chi connectivity index (χ1n) is 7.39. The maximum atomic E-state index is 12.6. The van der Waals surface area contributed by atoms with Crippen molar-refractivity contribution >= 4 is 5.97 Å². The molecule has 0 aliphatic rings. The number of carbonyl (C=O) groups excluding carboxylic acids is 1. The summed E-state index contributed by atoms with van der Waals surface area (Å²) in [4.78, 5) is 13.3. The molecule has 126 valence electrons. The van der Waals surface area contributed by atoms with Crippen molar-refractivity contribution in [1.29, 1.82) is 0 Å². The zero-order valence-electron chi connectivity index (χ0n) is 13.3. The minimum atomic E-state index is -4.28. The van der Waals surface area contributed by atoms with Gasteiger partial charge < -0.3 is 10.1 Å². The highest BCUT2D eigenvalue weighted by atomic mass is 19.4. The van der Waals surface area contributed by atoms with Gasteiger partial charge in [-0.15, -0.1) is 0 Å². The van der Waals surface area contributed by atoms with Crippen LogP contribution in [0.15, 0.2) is 0 Å². The molecule has 0 saturated carbocycles. The van der Waals surface area contributed by atoms with E-state index in [-0.39, 0.29) is 19.7 Å². The Kier molecular flexibility index (Phi) is 8.89. The van der Waals surface area contributed by atoms with Gasteiger partial charge >= 0.3 is 12.1 Å². The maximum Gasteiger partial charge on any atom is 0.401 e. The molecule has 0 heterocycles. The Morgan fingerprint density at radius 2 is 1.76 bits per heavy atom. The number of ether oxygens (including phenoxy) is 1. The molecule has 0 aromatic heterocycles. The normalized spacial score (nSPS) is 15.0. The monoisotopic (exact) mass is 312 g/mol. The quantitative estimate of drug-likeness (QED) is 0.630. The summed E-state index contributed by atoms with van der Waals surface area (Å²) in [6.07, 6.45) is -2.92. The second-order valence-corrected chi connectivity index (χ2v) is 5.31. The number of esters is 1. The van der Waals surface area contributed by atoms with E-state index >= 15 is 0 Å². The van der Waals surface area contributed by atoms with E-state index in [1.807, 2.05) is 13.8 Å². The third-order valence-corrected chi connectivity index (χ3v) is 2.97. The molecule has 0 aromatic rings. The number of rotatable bonds is 10. The average Bonchev–Trinajstić information content (AvgIpc) is 2.35. The highest BCUT2D eigenvalue weighted by molar-refractivity contribution is 5.80. The topological polar surface area (TPSA) is 41.6 Å². The van der Waals surface area contributed by atoms with E-state index in [4.69, 9.17) is 4.74 Å². The van der Waals surface area contributed by atoms with Crippen LogP contribution in [0.3, 0.4) is 0 Å². The van der Waals surface area contributed by atoms with Gasteiger partial charge in [-0.25, -0.2) is 0 Å². The first-order valence-corrected chi connectivity index (χ1v) is 7.39. The van der Waals surface area contributed by atoms with E-state index in [2.05, 4.69) is 5.32 Å². The van der Waals surface area contributed by atoms with E-state index in [1.54, 1.807) is 13.8 Å². The number of alkyl halides is 3. The Hall–Kier alpha value is -0.820. The second-order valence-electron chi connectivity index (χ2n) is 5.31. The molecule has 1 N–H and O–H groups in total. The van der Waals surface area contributed by atoms with Gasteiger partial charge in [0.2, 0.25) is 0 Å². The molecule has 0 aromatic carbocycles. The second kappa shape index (κ2) is 9.25. The van der Waals surface area contributed by atoms with Crippen molar-refractivity contribution < 1.29 is 22.7 Å². The zero-order valence-corrected chi connectivity index (χ0v) is 13.3. The van der Waals surface area contributed by atoms with Crippen LogP contribution in [-0.2, 0) is 9.53 Å². The van der Waals surface area contributed by atoms with Crippen LogP contribution in [0.25, 0.3) is 0 Å². The summed E-state index contributed by atoms with van der Waals surface area (Å²) in [5, 5.41) is 3.02. The minimum absolute atomic E-state index is 0.0286. The molecular weight excluding hydrogens is 285 g/mol. The molecule has 0 aliphatic heterocycles. The predicted octanol–water partition coefficient (Wildman–Crippen LogP) is 2.58. The van der Waals surface area contributed by atoms with Crippen LogP contribution in [0.4, 0.5) is 13.2 Å². The van der Waals surface area contributed by atoms with Gasteiger partial charge in [0.25, 0.3) is 0 Å². The number of carbonyl (C=O) groups is 1. The van der Waals surface area contributed by atoms with E-state index in [0.29, 0.717) is 13.0 Å². The highest BCUT2D eigenvalue weighted by Crippen LogP contribution is 2.19. The Balaban J connectivity index is 4.98. The molecule has 4 nitrogen and oxygen atoms in total. The van der Waals surface area contributed by atoms with Gasteiger partial charge in [-0.2, -0.15) is 13.2 Å². The molecule has 0 bridgehead atoms. The van der Waals surface area contributed by atoms with Crippen molar-refractivity contribution in [3.63, 3.8) is 0 Å². The van der Waals surface area contributed by atoms with Gasteiger partial charge in [0.15, 0.2) is 0 Å². The van der Waals surface area contributed by atoms with Gasteiger partial charge in [0.05, 0.1) is 13.2 Å². The number of nitrogens with zero attached hydrogens (tertiary/aromatic N) is 1. The summed E-state index contributed by atoms with van der Waals surface area (Å²) in [5.41, 5.74) is -1.13. The van der Waals surface area contributed by atoms with Crippen molar-refractivity contribution in [3.05, 3.63) is 0 Å². The third-order valence-electron chi connectivity index (χ3n) is 2.97. The SMILES string of the molecule is CCCNC(C)(CN(CCC)CC(F)(F)F)C(=O)OCC. The van der Waals surface area contributed by atoms with Crippen molar-refractivity contribution in [2.24, 2.45) is 0 Å². The fourth-order valence-corrected chi connectivity index (χ4v) is 2.11. The van der Waals surface area contributed by atoms with Gasteiger partial charge in [-0.3, -0.25) is 9.69 Å². The first kappa shape index (κ1) is 20.2. The number of halogens is 3. The molecule has 21 heavy (non-hydrogen) atoms. The van der Waals surface area contributed by atoms with E-state index in [0.717, 1.165) is 6.42 Å². The lowest BCUT2D eigenvalue weighted by atomic mass is 10.0. The lowest BCUT2D eigenvalue weighted by Gasteiger charge is -2.34. The molecule has 0 aliphatic carbocycles. The van der Waals surface area contributed by atoms with Gasteiger partial charge in [0, 0.05) is 6.54 Å². The molecule has 0 fully saturated rings. The standard InChI is InChI=1S/C14H27F3N2O2/c1-5-8-18-13(4,12(20)21-7-3)10-19(9-6-2)11-14(15,16)17/h18H,5-11H2,1-4H3. The number of hydrogen-bond donors (Lipinski definition) is 1. The molecule has 0 amide bonds. The van der Waals surface area contributed by atoms with Crippen LogP contribution in [-0.4, -0.2) is 55.4 Å². The van der Waals surface area contributed by atoms with Crippen LogP contribution in [0.5, 0.6) is 0 Å². The number of hydrogen-bond acceptors (Lipinski definition) is 4. The molecule has 0 spiro atoms. The summed E-state index contributed by atoms with van der Waals surface area (Å²) in [7, 11) is 0. The van der Waals surface area contributed by atoms with Crippen LogP contribution >= 0.6 is 0 Å². The molecular formula is C14H27F3N2O2. The lowest BCUT2D eigenvalue weighted by molar-refractivity contribution is -0.159. The molecule has 1 atom stereocenters. The van der Waals surface area contributed by atoms with Crippen LogP contribution in [0, 0.1) is 0 Å². The fraction of sp³-hybridized carbons (Fsp3) is 0.929. The molecule has 0 radical (unpaired) electrons. The van der Waals surface area contributed by atoms with Crippen molar-refractivity contribution in [1.82, 2.24) is 10.2 Å². The van der Waals surface area contributed by atoms with Gasteiger partial charge in [0.1, 0.15) is 5.54 Å². The predicted molar refractivity (Wildman–Crippen MR) is 76.1 cm³/mol. The summed E-state index contributed by atoms with van der Waals surface area (Å²) in [5.74, 6) is -0.512. The molecule has 0 rings (SSSR count). The van der Waals surface area contributed by atoms with Gasteiger partial charge in [-0.1, -0.05) is 13.8 Å². The van der Waals surface area contributed by atoms with Crippen molar-refractivity contribution in [2.75, 3.05) is 32.8 Å².